The second-order valence-corrected chi connectivity index (χ2v) is 9.75. The van der Waals surface area contributed by atoms with Crippen molar-refractivity contribution in [3.63, 3.8) is 0 Å². The summed E-state index contributed by atoms with van der Waals surface area (Å²) in [6.45, 7) is 7.84. The summed E-state index contributed by atoms with van der Waals surface area (Å²) in [5, 5.41) is 5.88. The molecule has 38 heavy (non-hydrogen) atoms. The average Bonchev–Trinajstić information content (AvgIpc) is 3.26. The normalized spacial score (nSPS) is 12.0. The molecule has 0 aliphatic carbocycles. The lowest BCUT2D eigenvalue weighted by Gasteiger charge is -2.22. The maximum absolute atomic E-state index is 13.0. The SMILES string of the molecule is CCc1ccc(C(=O)Nc2ncc3c(C(=O)NCc4ccc(C(F)(F)F)nc4)cn(C(C)(C)C)c3n2)cc1. The predicted molar refractivity (Wildman–Crippen MR) is 137 cm³/mol. The van der Waals surface area contributed by atoms with Crippen LogP contribution in [0.25, 0.3) is 11.0 Å². The van der Waals surface area contributed by atoms with E-state index in [1.165, 1.54) is 12.3 Å². The monoisotopic (exact) mass is 524 g/mol. The number of fused-ring (bicyclic) bond motifs is 1. The molecule has 0 aliphatic rings. The van der Waals surface area contributed by atoms with Crippen LogP contribution in [0.5, 0.6) is 0 Å². The maximum atomic E-state index is 13.0. The minimum Gasteiger partial charge on any atom is -0.348 e. The number of benzene rings is 1. The van der Waals surface area contributed by atoms with Crippen LogP contribution in [0.3, 0.4) is 0 Å². The molecule has 0 atom stereocenters. The highest BCUT2D eigenvalue weighted by Gasteiger charge is 2.32. The number of anilines is 1. The molecule has 8 nitrogen and oxygen atoms in total. The molecule has 0 bridgehead atoms. The van der Waals surface area contributed by atoms with Crippen molar-refractivity contribution in [1.29, 1.82) is 0 Å². The number of hydrogen-bond donors (Lipinski definition) is 2. The fourth-order valence-electron chi connectivity index (χ4n) is 3.80. The average molecular weight is 525 g/mol. The minimum atomic E-state index is -4.53. The number of pyridine rings is 1. The molecule has 1 aromatic carbocycles. The number of carbonyl (C=O) groups excluding carboxylic acids is 2. The van der Waals surface area contributed by atoms with Gasteiger partial charge in [-0.15, -0.1) is 0 Å². The van der Waals surface area contributed by atoms with Crippen LogP contribution >= 0.6 is 0 Å². The highest BCUT2D eigenvalue weighted by Crippen LogP contribution is 2.28. The van der Waals surface area contributed by atoms with Crippen LogP contribution in [-0.2, 0) is 24.7 Å². The van der Waals surface area contributed by atoms with Crippen molar-refractivity contribution in [1.82, 2.24) is 24.8 Å². The Morgan fingerprint density at radius 1 is 0.921 bits per heavy atom. The van der Waals surface area contributed by atoms with Crippen LogP contribution < -0.4 is 10.6 Å². The lowest BCUT2D eigenvalue weighted by Crippen LogP contribution is -2.24. The Balaban J connectivity index is 1.57. The number of nitrogens with zero attached hydrogens (tertiary/aromatic N) is 4. The number of halogens is 3. The van der Waals surface area contributed by atoms with Gasteiger partial charge in [0, 0.05) is 36.2 Å². The number of hydrogen-bond acceptors (Lipinski definition) is 5. The van der Waals surface area contributed by atoms with Crippen molar-refractivity contribution in [3.8, 4) is 0 Å². The standard InChI is InChI=1S/C27H27F3N6O2/c1-5-16-6-9-18(10-7-16)23(37)35-25-33-14-19-20(15-36(22(19)34-25)26(2,3)4)24(38)32-13-17-8-11-21(31-12-17)27(28,29)30/h6-12,14-15H,5,13H2,1-4H3,(H,32,38)(H,33,34,35,37). The number of amides is 2. The summed E-state index contributed by atoms with van der Waals surface area (Å²) < 4.78 is 40.0. The Labute approximate surface area is 217 Å². The van der Waals surface area contributed by atoms with Gasteiger partial charge in [-0.1, -0.05) is 25.1 Å². The molecule has 2 N–H and O–H groups in total. The van der Waals surface area contributed by atoms with E-state index in [0.29, 0.717) is 27.7 Å². The van der Waals surface area contributed by atoms with Gasteiger partial charge in [-0.25, -0.2) is 4.98 Å². The third-order valence-electron chi connectivity index (χ3n) is 5.93. The molecule has 11 heteroatoms. The smallest absolute Gasteiger partial charge is 0.348 e. The van der Waals surface area contributed by atoms with Crippen LogP contribution in [0.2, 0.25) is 0 Å². The third-order valence-corrected chi connectivity index (χ3v) is 5.93. The largest absolute Gasteiger partial charge is 0.433 e. The fourth-order valence-corrected chi connectivity index (χ4v) is 3.80. The molecule has 4 rings (SSSR count). The van der Waals surface area contributed by atoms with E-state index in [2.05, 4.69) is 25.6 Å². The van der Waals surface area contributed by atoms with Gasteiger partial charge >= 0.3 is 6.18 Å². The summed E-state index contributed by atoms with van der Waals surface area (Å²) in [5.74, 6) is -0.716. The molecule has 4 aromatic rings. The second-order valence-electron chi connectivity index (χ2n) is 9.75. The molecule has 0 radical (unpaired) electrons. The third kappa shape index (κ3) is 5.82. The minimum absolute atomic E-state index is 0.0159. The summed E-state index contributed by atoms with van der Waals surface area (Å²) in [6, 6.07) is 9.38. The summed E-state index contributed by atoms with van der Waals surface area (Å²) in [4.78, 5) is 37.9. The van der Waals surface area contributed by atoms with E-state index in [1.807, 2.05) is 44.4 Å². The Morgan fingerprint density at radius 3 is 2.18 bits per heavy atom. The number of nitrogens with one attached hydrogen (secondary N) is 2. The Kier molecular flexibility index (Phi) is 7.21. The maximum Gasteiger partial charge on any atom is 0.433 e. The van der Waals surface area contributed by atoms with Gasteiger partial charge in [-0.05, 0) is 56.5 Å². The van der Waals surface area contributed by atoms with Gasteiger partial charge in [-0.3, -0.25) is 19.9 Å². The molecule has 0 fully saturated rings. The van der Waals surface area contributed by atoms with Crippen LogP contribution in [-0.4, -0.2) is 31.3 Å². The molecule has 0 aliphatic heterocycles. The first-order chi connectivity index (χ1) is 17.9. The Hall–Kier alpha value is -4.28. The zero-order valence-corrected chi connectivity index (χ0v) is 21.3. The highest BCUT2D eigenvalue weighted by atomic mass is 19.4. The molecule has 198 valence electrons. The Bertz CT molecular complexity index is 1470. The first-order valence-corrected chi connectivity index (χ1v) is 12.0. The quantitative estimate of drug-likeness (QED) is 0.354. The van der Waals surface area contributed by atoms with Gasteiger partial charge in [-0.2, -0.15) is 18.2 Å². The number of rotatable bonds is 6. The lowest BCUT2D eigenvalue weighted by molar-refractivity contribution is -0.141. The van der Waals surface area contributed by atoms with Crippen molar-refractivity contribution in [2.45, 2.75) is 52.4 Å². The van der Waals surface area contributed by atoms with E-state index < -0.39 is 23.3 Å². The van der Waals surface area contributed by atoms with E-state index in [1.54, 1.807) is 18.3 Å². The topological polar surface area (TPSA) is 102 Å². The zero-order valence-electron chi connectivity index (χ0n) is 21.3. The highest BCUT2D eigenvalue weighted by molar-refractivity contribution is 6.07. The van der Waals surface area contributed by atoms with Crippen molar-refractivity contribution in [2.24, 2.45) is 0 Å². The first kappa shape index (κ1) is 26.8. The number of carbonyl (C=O) groups is 2. The molecule has 0 spiro atoms. The van der Waals surface area contributed by atoms with E-state index in [4.69, 9.17) is 0 Å². The summed E-state index contributed by atoms with van der Waals surface area (Å²) in [5.41, 5.74) is 1.28. The van der Waals surface area contributed by atoms with Crippen LogP contribution in [0.4, 0.5) is 19.1 Å². The van der Waals surface area contributed by atoms with Crippen LogP contribution in [0.15, 0.2) is 55.0 Å². The molecule has 0 unspecified atom stereocenters. The molecular formula is C27H27F3N6O2. The van der Waals surface area contributed by atoms with Gasteiger partial charge in [0.25, 0.3) is 11.8 Å². The summed E-state index contributed by atoms with van der Waals surface area (Å²) in [6.07, 6.45) is 0.524. The molecule has 0 saturated carbocycles. The molecule has 3 heterocycles. The fraction of sp³-hybridized carbons (Fsp3) is 0.296. The lowest BCUT2D eigenvalue weighted by atomic mass is 10.1. The van der Waals surface area contributed by atoms with E-state index in [-0.39, 0.29) is 18.4 Å². The summed E-state index contributed by atoms with van der Waals surface area (Å²) >= 11 is 0. The molecule has 3 aromatic heterocycles. The van der Waals surface area contributed by atoms with Gasteiger partial charge in [0.05, 0.1) is 10.9 Å². The van der Waals surface area contributed by atoms with Crippen LogP contribution in [0, 0.1) is 0 Å². The van der Waals surface area contributed by atoms with Gasteiger partial charge in [0.2, 0.25) is 5.95 Å². The van der Waals surface area contributed by atoms with Crippen molar-refractivity contribution >= 4 is 28.8 Å². The van der Waals surface area contributed by atoms with Gasteiger partial charge in [0.1, 0.15) is 11.3 Å². The molecular weight excluding hydrogens is 497 g/mol. The van der Waals surface area contributed by atoms with Crippen molar-refractivity contribution in [2.75, 3.05) is 5.32 Å². The van der Waals surface area contributed by atoms with E-state index in [9.17, 15) is 22.8 Å². The van der Waals surface area contributed by atoms with E-state index in [0.717, 1.165) is 24.2 Å². The van der Waals surface area contributed by atoms with Gasteiger partial charge < -0.3 is 9.88 Å². The zero-order chi connectivity index (χ0) is 27.7. The first-order valence-electron chi connectivity index (χ1n) is 12.0. The molecule has 0 saturated heterocycles. The van der Waals surface area contributed by atoms with Crippen LogP contribution in [0.1, 0.15) is 65.2 Å². The van der Waals surface area contributed by atoms with Crippen molar-refractivity contribution < 1.29 is 22.8 Å². The predicted octanol–water partition coefficient (Wildman–Crippen LogP) is 5.34. The number of alkyl halides is 3. The second kappa shape index (κ2) is 10.2. The van der Waals surface area contributed by atoms with E-state index >= 15 is 0 Å². The molecule has 2 amide bonds. The summed E-state index contributed by atoms with van der Waals surface area (Å²) in [7, 11) is 0. The van der Waals surface area contributed by atoms with Crippen molar-refractivity contribution in [3.05, 3.63) is 82.9 Å². The Morgan fingerprint density at radius 2 is 1.61 bits per heavy atom. The number of aryl methyl sites for hydroxylation is 1. The number of aromatic nitrogens is 4. The van der Waals surface area contributed by atoms with Gasteiger partial charge in [0.15, 0.2) is 0 Å².